The van der Waals surface area contributed by atoms with Crippen LogP contribution in [-0.2, 0) is 16.0 Å². The van der Waals surface area contributed by atoms with E-state index in [9.17, 15) is 34.8 Å². The Labute approximate surface area is 163 Å². The van der Waals surface area contributed by atoms with Crippen LogP contribution >= 0.6 is 0 Å². The van der Waals surface area contributed by atoms with Crippen molar-refractivity contribution in [1.29, 1.82) is 0 Å². The highest BCUT2D eigenvalue weighted by Crippen LogP contribution is 2.49. The molecule has 29 heavy (non-hydrogen) atoms. The van der Waals surface area contributed by atoms with Crippen molar-refractivity contribution < 1.29 is 40.5 Å². The van der Waals surface area contributed by atoms with Crippen LogP contribution in [0, 0.1) is 12.8 Å². The second-order valence-electron chi connectivity index (χ2n) is 7.47. The molecule has 0 saturated heterocycles. The lowest BCUT2D eigenvalue weighted by molar-refractivity contribution is -0.430. The summed E-state index contributed by atoms with van der Waals surface area (Å²) >= 11 is 0. The first-order chi connectivity index (χ1) is 13.5. The van der Waals surface area contributed by atoms with Crippen LogP contribution in [0.3, 0.4) is 0 Å². The van der Waals surface area contributed by atoms with E-state index in [4.69, 9.17) is 5.73 Å². The number of amides is 1. The Hall–Kier alpha value is -3.43. The van der Waals surface area contributed by atoms with Crippen molar-refractivity contribution in [3.63, 3.8) is 0 Å². The lowest BCUT2D eigenvalue weighted by Gasteiger charge is -2.48. The minimum absolute atomic E-state index is 0.00348. The Bertz CT molecular complexity index is 1180. The summed E-state index contributed by atoms with van der Waals surface area (Å²) in [5.41, 5.74) is 5.62. The van der Waals surface area contributed by atoms with Crippen LogP contribution in [0.5, 0.6) is 11.5 Å². The SMILES string of the molecule is Cc1c2c(c(O)c3c(O)cccc13)C(=O)[C@]1(O)C([O-])=C(C(N)=O)C(=O)[C@@H]([NH3+])[C@@H]1C2. The molecule has 0 aromatic heterocycles. The summed E-state index contributed by atoms with van der Waals surface area (Å²) in [5.74, 6) is -6.90. The van der Waals surface area contributed by atoms with E-state index in [0.29, 0.717) is 16.5 Å². The fraction of sp³-hybridized carbons (Fsp3) is 0.250. The van der Waals surface area contributed by atoms with Crippen molar-refractivity contribution in [2.24, 2.45) is 11.7 Å². The van der Waals surface area contributed by atoms with Crippen LogP contribution in [0.15, 0.2) is 29.5 Å². The van der Waals surface area contributed by atoms with Crippen molar-refractivity contribution in [2.75, 3.05) is 0 Å². The molecular formula is C20H18N2O7. The van der Waals surface area contributed by atoms with Crippen molar-refractivity contribution in [1.82, 2.24) is 0 Å². The van der Waals surface area contributed by atoms with E-state index in [2.05, 4.69) is 5.73 Å². The van der Waals surface area contributed by atoms with Crippen LogP contribution in [-0.4, -0.2) is 44.4 Å². The second-order valence-corrected chi connectivity index (χ2v) is 7.47. The molecule has 150 valence electrons. The van der Waals surface area contributed by atoms with Gasteiger partial charge in [-0.2, -0.15) is 0 Å². The van der Waals surface area contributed by atoms with Gasteiger partial charge in [0.25, 0.3) is 5.91 Å². The van der Waals surface area contributed by atoms with Gasteiger partial charge in [0.05, 0.1) is 22.4 Å². The largest absolute Gasteiger partial charge is 0.873 e. The first-order valence-electron chi connectivity index (χ1n) is 8.85. The summed E-state index contributed by atoms with van der Waals surface area (Å²) in [6.45, 7) is 1.67. The van der Waals surface area contributed by atoms with E-state index in [0.717, 1.165) is 0 Å². The molecule has 0 bridgehead atoms. The van der Waals surface area contributed by atoms with Gasteiger partial charge in [-0.05, 0) is 35.9 Å². The Balaban J connectivity index is 2.10. The topological polar surface area (TPSA) is 189 Å². The van der Waals surface area contributed by atoms with Crippen LogP contribution in [0.4, 0.5) is 0 Å². The van der Waals surface area contributed by atoms with Gasteiger partial charge in [0.2, 0.25) is 11.6 Å². The standard InChI is InChI=1S/C20H18N2O7/c1-6-7-3-2-4-10(23)11(7)15(24)12-8(6)5-9-14(21)16(25)13(19(22)28)18(27)20(9,29)17(12)26/h2-4,9,14,23-24,27,29H,5,21H2,1H3,(H2,22,28)/t9-,14-,20-/m0/s1. The summed E-state index contributed by atoms with van der Waals surface area (Å²) in [4.78, 5) is 37.4. The molecular weight excluding hydrogens is 380 g/mol. The Morgan fingerprint density at radius 1 is 1.31 bits per heavy atom. The van der Waals surface area contributed by atoms with Crippen LogP contribution < -0.4 is 16.6 Å². The third kappa shape index (κ3) is 2.13. The molecule has 0 heterocycles. The lowest BCUT2D eigenvalue weighted by atomic mass is 9.62. The zero-order valence-corrected chi connectivity index (χ0v) is 15.4. The number of carbonyl (C=O) groups excluding carboxylic acids is 3. The van der Waals surface area contributed by atoms with E-state index in [1.165, 1.54) is 6.07 Å². The molecule has 3 atom stereocenters. The van der Waals surface area contributed by atoms with E-state index in [1.54, 1.807) is 19.1 Å². The van der Waals surface area contributed by atoms with Gasteiger partial charge < -0.3 is 31.9 Å². The quantitative estimate of drug-likeness (QED) is 0.341. The molecule has 2 aromatic carbocycles. The minimum atomic E-state index is -2.76. The lowest BCUT2D eigenvalue weighted by Crippen LogP contribution is -2.77. The number of hydrogen-bond donors (Lipinski definition) is 5. The van der Waals surface area contributed by atoms with Gasteiger partial charge in [-0.3, -0.25) is 14.4 Å². The highest BCUT2D eigenvalue weighted by Gasteiger charge is 2.59. The summed E-state index contributed by atoms with van der Waals surface area (Å²) < 4.78 is 0. The smallest absolute Gasteiger partial charge is 0.251 e. The predicted octanol–water partition coefficient (Wildman–Crippen LogP) is -2.06. The zero-order chi connectivity index (χ0) is 21.4. The number of phenols is 2. The summed E-state index contributed by atoms with van der Waals surface area (Å²) in [6, 6.07) is 3.28. The molecule has 0 unspecified atom stereocenters. The number of Topliss-reactive ketones (excluding diaryl/α,β-unsaturated/α-hetero) is 2. The minimum Gasteiger partial charge on any atom is -0.873 e. The van der Waals surface area contributed by atoms with Crippen LogP contribution in [0.1, 0.15) is 21.5 Å². The predicted molar refractivity (Wildman–Crippen MR) is 96.4 cm³/mol. The number of aliphatic hydroxyl groups is 1. The maximum absolute atomic E-state index is 13.3. The molecule has 0 saturated carbocycles. The van der Waals surface area contributed by atoms with E-state index < -0.39 is 52.1 Å². The summed E-state index contributed by atoms with van der Waals surface area (Å²) in [5, 5.41) is 45.4. The first-order valence-corrected chi connectivity index (χ1v) is 8.85. The number of benzene rings is 2. The van der Waals surface area contributed by atoms with Gasteiger partial charge in [0.15, 0.2) is 6.04 Å². The van der Waals surface area contributed by atoms with Gasteiger partial charge in [-0.25, -0.2) is 0 Å². The van der Waals surface area contributed by atoms with Crippen molar-refractivity contribution in [3.05, 3.63) is 46.2 Å². The van der Waals surface area contributed by atoms with Gasteiger partial charge in [-0.1, -0.05) is 17.9 Å². The third-order valence-corrected chi connectivity index (χ3v) is 6.10. The number of ketones is 2. The average molecular weight is 398 g/mol. The molecule has 0 fully saturated rings. The number of hydrogen-bond acceptors (Lipinski definition) is 7. The zero-order valence-electron chi connectivity index (χ0n) is 15.4. The fourth-order valence-corrected chi connectivity index (χ4v) is 4.55. The number of primary amides is 1. The third-order valence-electron chi connectivity index (χ3n) is 6.10. The Kier molecular flexibility index (Phi) is 3.77. The van der Waals surface area contributed by atoms with Gasteiger partial charge in [-0.15, -0.1) is 0 Å². The summed E-state index contributed by atoms with van der Waals surface area (Å²) in [6.07, 6.45) is -0.111. The normalized spacial score (nSPS) is 26.4. The number of aromatic hydroxyl groups is 2. The number of carbonyl (C=O) groups is 3. The highest BCUT2D eigenvalue weighted by molar-refractivity contribution is 6.24. The molecule has 2 aliphatic carbocycles. The average Bonchev–Trinajstić information content (AvgIpc) is 2.66. The number of quaternary nitrogens is 1. The highest BCUT2D eigenvalue weighted by atomic mass is 16.3. The second kappa shape index (κ2) is 5.79. The van der Waals surface area contributed by atoms with Crippen molar-refractivity contribution in [3.8, 4) is 11.5 Å². The molecule has 4 rings (SSSR count). The molecule has 0 radical (unpaired) electrons. The number of aryl methyl sites for hydroxylation is 1. The van der Waals surface area contributed by atoms with Gasteiger partial charge in [0, 0.05) is 0 Å². The fourth-order valence-electron chi connectivity index (χ4n) is 4.55. The van der Waals surface area contributed by atoms with E-state index in [-0.39, 0.29) is 23.1 Å². The molecule has 9 heteroatoms. The van der Waals surface area contributed by atoms with Crippen LogP contribution in [0.25, 0.3) is 10.8 Å². The first kappa shape index (κ1) is 18.9. The Morgan fingerprint density at radius 2 is 1.97 bits per heavy atom. The number of nitrogens with two attached hydrogens (primary N) is 1. The summed E-state index contributed by atoms with van der Waals surface area (Å²) in [7, 11) is 0. The monoisotopic (exact) mass is 398 g/mol. The van der Waals surface area contributed by atoms with E-state index >= 15 is 0 Å². The maximum atomic E-state index is 13.3. The molecule has 9 nitrogen and oxygen atoms in total. The van der Waals surface area contributed by atoms with Crippen LogP contribution in [0.2, 0.25) is 0 Å². The molecule has 0 spiro atoms. The molecule has 8 N–H and O–H groups in total. The molecule has 1 amide bonds. The molecule has 0 aliphatic heterocycles. The Morgan fingerprint density at radius 3 is 2.59 bits per heavy atom. The molecule has 2 aromatic rings. The number of rotatable bonds is 1. The van der Waals surface area contributed by atoms with Gasteiger partial charge in [0.1, 0.15) is 17.1 Å². The van der Waals surface area contributed by atoms with Gasteiger partial charge >= 0.3 is 0 Å². The van der Waals surface area contributed by atoms with Crippen molar-refractivity contribution in [2.45, 2.75) is 25.0 Å². The molecule has 2 aliphatic rings. The number of fused-ring (bicyclic) bond motifs is 3. The van der Waals surface area contributed by atoms with Crippen molar-refractivity contribution >= 4 is 28.2 Å². The van der Waals surface area contributed by atoms with E-state index in [1.807, 2.05) is 0 Å². The number of phenolic OH excluding ortho intramolecular Hbond substituents is 2. The maximum Gasteiger partial charge on any atom is 0.251 e.